The molecule has 0 unspecified atom stereocenters. The van der Waals surface area contributed by atoms with Crippen molar-refractivity contribution in [3.8, 4) is 0 Å². The van der Waals surface area contributed by atoms with Crippen LogP contribution in [-0.2, 0) is 0 Å². The number of fused-ring (bicyclic) bond motifs is 1. The number of hydrogen-bond donors (Lipinski definition) is 0. The number of allylic oxidation sites excluding steroid dienone is 1. The van der Waals surface area contributed by atoms with Crippen LogP contribution in [0.4, 0.5) is 0 Å². The third-order valence-corrected chi connectivity index (χ3v) is 2.19. The number of hydrogen-bond acceptors (Lipinski definition) is 3. The molecule has 82 valence electrons. The van der Waals surface area contributed by atoms with Crippen molar-refractivity contribution in [3.63, 3.8) is 0 Å². The third-order valence-electron chi connectivity index (χ3n) is 2.19. The molecule has 0 fully saturated rings. The summed E-state index contributed by atoms with van der Waals surface area (Å²) in [5.74, 6) is 0.254. The van der Waals surface area contributed by atoms with Crippen molar-refractivity contribution in [3.05, 3.63) is 48.4 Å². The second-order valence-electron chi connectivity index (χ2n) is 3.79. The van der Waals surface area contributed by atoms with Gasteiger partial charge in [-0.2, -0.15) is 0 Å². The van der Waals surface area contributed by atoms with Crippen LogP contribution in [0, 0.1) is 0 Å². The molecule has 0 aliphatic heterocycles. The molecule has 1 aromatic carbocycles. The lowest BCUT2D eigenvalue weighted by Gasteiger charge is -2.01. The quantitative estimate of drug-likeness (QED) is 0.583. The van der Waals surface area contributed by atoms with Gasteiger partial charge in [0.15, 0.2) is 5.76 Å². The first-order chi connectivity index (χ1) is 7.66. The molecule has 1 heterocycles. The Hall–Kier alpha value is -2.03. The molecule has 0 radical (unpaired) electrons. The van der Waals surface area contributed by atoms with Crippen LogP contribution in [0.5, 0.6) is 0 Å². The number of ketones is 1. The standard InChI is InChI=1S/C13H13NO2/c1-14(2)8-7-11(15)13-9-10-5-3-4-6-12(10)16-13/h3-9H,1-2H3/b8-7+. The van der Waals surface area contributed by atoms with Crippen molar-refractivity contribution in [2.45, 2.75) is 0 Å². The Bertz CT molecular complexity index is 505. The van der Waals surface area contributed by atoms with Crippen LogP contribution < -0.4 is 0 Å². The van der Waals surface area contributed by atoms with Gasteiger partial charge in [-0.3, -0.25) is 4.79 Å². The van der Waals surface area contributed by atoms with Gasteiger partial charge >= 0.3 is 0 Å². The van der Waals surface area contributed by atoms with Crippen molar-refractivity contribution < 1.29 is 9.21 Å². The zero-order valence-electron chi connectivity index (χ0n) is 9.31. The average molecular weight is 215 g/mol. The van der Waals surface area contributed by atoms with Crippen molar-refractivity contribution in [2.24, 2.45) is 0 Å². The second kappa shape index (κ2) is 4.23. The maximum absolute atomic E-state index is 11.7. The van der Waals surface area contributed by atoms with Gasteiger partial charge in [-0.15, -0.1) is 0 Å². The van der Waals surface area contributed by atoms with E-state index in [2.05, 4.69) is 0 Å². The zero-order chi connectivity index (χ0) is 11.5. The van der Waals surface area contributed by atoms with Gasteiger partial charge < -0.3 is 9.32 Å². The fraction of sp³-hybridized carbons (Fsp3) is 0.154. The predicted molar refractivity (Wildman–Crippen MR) is 63.4 cm³/mol. The summed E-state index contributed by atoms with van der Waals surface area (Å²) >= 11 is 0. The SMILES string of the molecule is CN(C)/C=C/C(=O)c1cc2ccccc2o1. The number of rotatable bonds is 3. The van der Waals surface area contributed by atoms with Crippen molar-refractivity contribution in [1.29, 1.82) is 0 Å². The number of carbonyl (C=O) groups excluding carboxylic acids is 1. The topological polar surface area (TPSA) is 33.5 Å². The molecule has 0 saturated carbocycles. The minimum absolute atomic E-state index is 0.120. The number of para-hydroxylation sites is 1. The number of nitrogens with zero attached hydrogens (tertiary/aromatic N) is 1. The van der Waals surface area contributed by atoms with Crippen LogP contribution in [0.25, 0.3) is 11.0 Å². The molecular weight excluding hydrogens is 202 g/mol. The molecule has 16 heavy (non-hydrogen) atoms. The van der Waals surface area contributed by atoms with Gasteiger partial charge in [-0.25, -0.2) is 0 Å². The van der Waals surface area contributed by atoms with E-state index in [1.54, 1.807) is 17.2 Å². The fourth-order valence-electron chi connectivity index (χ4n) is 1.40. The summed E-state index contributed by atoms with van der Waals surface area (Å²) in [5.41, 5.74) is 0.740. The lowest BCUT2D eigenvalue weighted by Crippen LogP contribution is -2.02. The second-order valence-corrected chi connectivity index (χ2v) is 3.79. The van der Waals surface area contributed by atoms with E-state index in [9.17, 15) is 4.79 Å². The molecule has 0 saturated heterocycles. The molecule has 2 aromatic rings. The highest BCUT2D eigenvalue weighted by Gasteiger charge is 2.08. The number of benzene rings is 1. The van der Waals surface area contributed by atoms with Crippen LogP contribution in [-0.4, -0.2) is 24.8 Å². The monoisotopic (exact) mass is 215 g/mol. The summed E-state index contributed by atoms with van der Waals surface area (Å²) in [6.07, 6.45) is 3.20. The molecule has 0 aliphatic rings. The van der Waals surface area contributed by atoms with E-state index in [1.807, 2.05) is 38.4 Å². The molecule has 0 atom stereocenters. The highest BCUT2D eigenvalue weighted by Crippen LogP contribution is 2.19. The molecule has 0 aliphatic carbocycles. The van der Waals surface area contributed by atoms with E-state index in [1.165, 1.54) is 6.08 Å². The Balaban J connectivity index is 2.30. The molecule has 2 rings (SSSR count). The van der Waals surface area contributed by atoms with E-state index in [-0.39, 0.29) is 5.78 Å². The lowest BCUT2D eigenvalue weighted by molar-refractivity contribution is 0.102. The molecule has 0 spiro atoms. The van der Waals surface area contributed by atoms with Gasteiger partial charge in [-0.1, -0.05) is 18.2 Å². The highest BCUT2D eigenvalue weighted by atomic mass is 16.3. The van der Waals surface area contributed by atoms with Gasteiger partial charge in [0, 0.05) is 31.8 Å². The van der Waals surface area contributed by atoms with E-state index >= 15 is 0 Å². The first kappa shape index (κ1) is 10.5. The van der Waals surface area contributed by atoms with Gasteiger partial charge in [-0.05, 0) is 12.1 Å². The van der Waals surface area contributed by atoms with Crippen LogP contribution in [0.1, 0.15) is 10.6 Å². The smallest absolute Gasteiger partial charge is 0.222 e. The Kier molecular flexibility index (Phi) is 2.77. The maximum atomic E-state index is 11.7. The lowest BCUT2D eigenvalue weighted by atomic mass is 10.2. The largest absolute Gasteiger partial charge is 0.453 e. The Morgan fingerprint density at radius 1 is 1.31 bits per heavy atom. The Morgan fingerprint density at radius 2 is 2.06 bits per heavy atom. The summed E-state index contributed by atoms with van der Waals surface area (Å²) in [5, 5.41) is 0.948. The summed E-state index contributed by atoms with van der Waals surface area (Å²) in [7, 11) is 3.73. The molecule has 3 heteroatoms. The third kappa shape index (κ3) is 2.14. The molecule has 0 amide bonds. The van der Waals surface area contributed by atoms with Crippen molar-refractivity contribution in [1.82, 2.24) is 4.90 Å². The minimum atomic E-state index is -0.120. The van der Waals surface area contributed by atoms with Crippen LogP contribution in [0.15, 0.2) is 47.0 Å². The Morgan fingerprint density at radius 3 is 2.75 bits per heavy atom. The van der Waals surface area contributed by atoms with Gasteiger partial charge in [0.2, 0.25) is 5.78 Å². The van der Waals surface area contributed by atoms with E-state index in [0.29, 0.717) is 5.76 Å². The normalized spacial score (nSPS) is 11.1. The maximum Gasteiger partial charge on any atom is 0.222 e. The first-order valence-electron chi connectivity index (χ1n) is 5.04. The van der Waals surface area contributed by atoms with Crippen LogP contribution >= 0.6 is 0 Å². The molecule has 1 aromatic heterocycles. The average Bonchev–Trinajstić information content (AvgIpc) is 2.69. The highest BCUT2D eigenvalue weighted by molar-refractivity contribution is 6.04. The summed E-state index contributed by atoms with van der Waals surface area (Å²) < 4.78 is 5.44. The number of carbonyl (C=O) groups is 1. The summed E-state index contributed by atoms with van der Waals surface area (Å²) in [6.45, 7) is 0. The zero-order valence-corrected chi connectivity index (χ0v) is 9.31. The Labute approximate surface area is 94.0 Å². The van der Waals surface area contributed by atoms with Gasteiger partial charge in [0.25, 0.3) is 0 Å². The van der Waals surface area contributed by atoms with Gasteiger partial charge in [0.1, 0.15) is 5.58 Å². The summed E-state index contributed by atoms with van der Waals surface area (Å²) in [4.78, 5) is 13.5. The van der Waals surface area contributed by atoms with Gasteiger partial charge in [0.05, 0.1) is 0 Å². The predicted octanol–water partition coefficient (Wildman–Crippen LogP) is 2.69. The van der Waals surface area contributed by atoms with E-state index in [4.69, 9.17) is 4.42 Å². The van der Waals surface area contributed by atoms with E-state index < -0.39 is 0 Å². The van der Waals surface area contributed by atoms with Crippen LogP contribution in [0.3, 0.4) is 0 Å². The summed E-state index contributed by atoms with van der Waals surface area (Å²) in [6, 6.07) is 9.34. The number of furan rings is 1. The molecule has 3 nitrogen and oxygen atoms in total. The van der Waals surface area contributed by atoms with Crippen molar-refractivity contribution in [2.75, 3.05) is 14.1 Å². The molecular formula is C13H13NO2. The fourth-order valence-corrected chi connectivity index (χ4v) is 1.40. The molecule has 0 N–H and O–H groups in total. The van der Waals surface area contributed by atoms with E-state index in [0.717, 1.165) is 11.0 Å². The first-order valence-corrected chi connectivity index (χ1v) is 5.04. The molecule has 0 bridgehead atoms. The van der Waals surface area contributed by atoms with Crippen molar-refractivity contribution >= 4 is 16.8 Å². The van der Waals surface area contributed by atoms with Crippen LogP contribution in [0.2, 0.25) is 0 Å². The minimum Gasteiger partial charge on any atom is -0.453 e.